The van der Waals surface area contributed by atoms with E-state index in [9.17, 15) is 19.8 Å². The number of carboxylic acid groups (broad SMARTS) is 2. The number of halogens is 2. The van der Waals surface area contributed by atoms with Crippen molar-refractivity contribution >= 4 is 35.1 Å². The Morgan fingerprint density at radius 1 is 0.714 bits per heavy atom. The Bertz CT molecular complexity index is 309. The van der Waals surface area contributed by atoms with Gasteiger partial charge in [-0.05, 0) is 25.7 Å². The number of rotatable bonds is 2. The molecule has 0 aromatic heterocycles. The topological polar surface area (TPSA) is 80.3 Å². The minimum Gasteiger partial charge on any atom is -0.550 e. The van der Waals surface area contributed by atoms with Crippen LogP contribution in [0.3, 0.4) is 0 Å². The van der Waals surface area contributed by atoms with Gasteiger partial charge in [-0.3, -0.25) is 0 Å². The minimum absolute atomic E-state index is 0. The normalized spacial score (nSPS) is 32.1. The summed E-state index contributed by atoms with van der Waals surface area (Å²) >= 11 is 11.5. The number of hydrogen-bond acceptors (Lipinski definition) is 4. The summed E-state index contributed by atoms with van der Waals surface area (Å²) in [7, 11) is 0. The van der Waals surface area contributed by atoms with Crippen LogP contribution in [-0.4, -0.2) is 22.7 Å². The van der Waals surface area contributed by atoms with E-state index in [1.54, 1.807) is 0 Å². The van der Waals surface area contributed by atoms with Crippen molar-refractivity contribution in [1.82, 2.24) is 0 Å². The van der Waals surface area contributed by atoms with Gasteiger partial charge < -0.3 is 19.8 Å². The maximum absolute atomic E-state index is 10.4. The van der Waals surface area contributed by atoms with Gasteiger partial charge in [0.25, 0.3) is 0 Å². The predicted octanol–water partition coefficient (Wildman–Crippen LogP) is 1.07. The third-order valence-corrected chi connectivity index (χ3v) is 5.01. The molecule has 2 fully saturated rings. The minimum atomic E-state index is -0.986. The van der Waals surface area contributed by atoms with Gasteiger partial charge >= 0.3 is 27.7 Å². The Morgan fingerprint density at radius 2 is 1.00 bits per heavy atom. The monoisotopic (exact) mass is 524 g/mol. The summed E-state index contributed by atoms with van der Waals surface area (Å²) in [5, 5.41) is 20.3. The van der Waals surface area contributed by atoms with Gasteiger partial charge in [0, 0.05) is 34.5 Å². The molecule has 0 bridgehead atoms. The fourth-order valence-corrected chi connectivity index (χ4v) is 3.47. The summed E-state index contributed by atoms with van der Waals surface area (Å²) in [5.74, 6) is -2.79. The molecule has 0 aromatic rings. The summed E-state index contributed by atoms with van der Waals surface area (Å²) in [6.07, 6.45) is 7.08. The van der Waals surface area contributed by atoms with Gasteiger partial charge in [-0.1, -0.05) is 25.7 Å². The molecule has 0 spiro atoms. The zero-order valence-electron chi connectivity index (χ0n) is 12.1. The van der Waals surface area contributed by atoms with Crippen molar-refractivity contribution < 1.29 is 47.5 Å². The van der Waals surface area contributed by atoms with Gasteiger partial charge in [-0.2, -0.15) is 0 Å². The molecular formula is C14H20Cl2HgO4. The van der Waals surface area contributed by atoms with Crippen LogP contribution in [0, 0.1) is 11.8 Å². The number of hydrogen-bond donors (Lipinski definition) is 0. The molecule has 4 atom stereocenters. The first kappa shape index (κ1) is 21.5. The number of alkyl halides is 2. The molecule has 2 saturated carbocycles. The second-order valence-electron chi connectivity index (χ2n) is 5.45. The van der Waals surface area contributed by atoms with Crippen molar-refractivity contribution in [2.45, 2.75) is 62.1 Å². The fraction of sp³-hybridized carbons (Fsp3) is 0.857. The summed E-state index contributed by atoms with van der Waals surface area (Å²) in [5.41, 5.74) is 0. The molecule has 4 nitrogen and oxygen atoms in total. The van der Waals surface area contributed by atoms with Crippen LogP contribution in [-0.2, 0) is 37.3 Å². The molecule has 0 N–H and O–H groups in total. The van der Waals surface area contributed by atoms with Crippen LogP contribution in [0.2, 0.25) is 0 Å². The molecule has 0 aromatic carbocycles. The molecule has 0 saturated heterocycles. The molecule has 4 unspecified atom stereocenters. The Hall–Kier alpha value is 0.455. The van der Waals surface area contributed by atoms with Crippen LogP contribution >= 0.6 is 23.2 Å². The van der Waals surface area contributed by atoms with Crippen molar-refractivity contribution in [1.29, 1.82) is 0 Å². The van der Waals surface area contributed by atoms with E-state index < -0.39 is 23.8 Å². The van der Waals surface area contributed by atoms with Gasteiger partial charge in [-0.15, -0.1) is 23.2 Å². The van der Waals surface area contributed by atoms with Crippen molar-refractivity contribution in [3.8, 4) is 0 Å². The Morgan fingerprint density at radius 3 is 1.19 bits per heavy atom. The second kappa shape index (κ2) is 11.1. The van der Waals surface area contributed by atoms with E-state index in [0.29, 0.717) is 12.8 Å². The van der Waals surface area contributed by atoms with E-state index in [4.69, 9.17) is 23.2 Å². The van der Waals surface area contributed by atoms with E-state index in [1.165, 1.54) is 0 Å². The molecule has 7 heteroatoms. The fourth-order valence-electron chi connectivity index (χ4n) is 2.70. The first-order chi connectivity index (χ1) is 9.43. The smallest absolute Gasteiger partial charge is 0.550 e. The predicted molar refractivity (Wildman–Crippen MR) is 73.2 cm³/mol. The summed E-state index contributed by atoms with van der Waals surface area (Å²) in [4.78, 5) is 20.7. The van der Waals surface area contributed by atoms with Crippen LogP contribution < -0.4 is 10.2 Å². The Kier molecular flexibility index (Phi) is 11.3. The van der Waals surface area contributed by atoms with E-state index in [0.717, 1.165) is 38.5 Å². The van der Waals surface area contributed by atoms with Gasteiger partial charge in [0.2, 0.25) is 0 Å². The van der Waals surface area contributed by atoms with Crippen molar-refractivity contribution in [2.24, 2.45) is 11.8 Å². The molecule has 0 aliphatic heterocycles. The molecule has 0 amide bonds. The summed E-state index contributed by atoms with van der Waals surface area (Å²) in [6, 6.07) is 0. The van der Waals surface area contributed by atoms with Gasteiger partial charge in [0.1, 0.15) is 0 Å². The first-order valence-corrected chi connectivity index (χ1v) is 8.00. The Balaban J connectivity index is 0.000000364. The van der Waals surface area contributed by atoms with Gasteiger partial charge in [0.05, 0.1) is 0 Å². The third kappa shape index (κ3) is 7.51. The van der Waals surface area contributed by atoms with E-state index >= 15 is 0 Å². The summed E-state index contributed by atoms with van der Waals surface area (Å²) < 4.78 is 0. The maximum Gasteiger partial charge on any atom is 2.00 e. The third-order valence-electron chi connectivity index (χ3n) is 3.97. The molecule has 0 heterocycles. The van der Waals surface area contributed by atoms with Gasteiger partial charge in [0.15, 0.2) is 0 Å². The summed E-state index contributed by atoms with van der Waals surface area (Å²) in [6.45, 7) is 0. The first-order valence-electron chi connectivity index (χ1n) is 7.13. The largest absolute Gasteiger partial charge is 2.00 e. The number of carbonyl (C=O) groups is 2. The molecule has 2 aliphatic carbocycles. The van der Waals surface area contributed by atoms with E-state index in [2.05, 4.69) is 0 Å². The van der Waals surface area contributed by atoms with Crippen LogP contribution in [0.1, 0.15) is 51.4 Å². The molecule has 21 heavy (non-hydrogen) atoms. The van der Waals surface area contributed by atoms with Crippen LogP contribution in [0.15, 0.2) is 0 Å². The zero-order chi connectivity index (χ0) is 15.1. The molecule has 116 valence electrons. The van der Waals surface area contributed by atoms with Crippen LogP contribution in [0.5, 0.6) is 0 Å². The molecule has 0 radical (unpaired) electrons. The van der Waals surface area contributed by atoms with Crippen molar-refractivity contribution in [2.75, 3.05) is 0 Å². The van der Waals surface area contributed by atoms with E-state index in [1.807, 2.05) is 0 Å². The number of carboxylic acids is 2. The number of aliphatic carboxylic acids is 2. The second-order valence-corrected chi connectivity index (χ2v) is 6.57. The molecular weight excluding hydrogens is 504 g/mol. The van der Waals surface area contributed by atoms with Crippen LogP contribution in [0.4, 0.5) is 0 Å². The maximum atomic E-state index is 10.4. The quantitative estimate of drug-likeness (QED) is 0.401. The van der Waals surface area contributed by atoms with Crippen molar-refractivity contribution in [3.05, 3.63) is 0 Å². The standard InChI is InChI=1S/2C7H11ClO2.Hg/c2*8-6-4-2-1-3-5(6)7(9)10;/h2*5-6H,1-4H2,(H,9,10);/q;;+2/p-2. The van der Waals surface area contributed by atoms with Crippen LogP contribution in [0.25, 0.3) is 0 Å². The van der Waals surface area contributed by atoms with Crippen molar-refractivity contribution in [3.63, 3.8) is 0 Å². The SMILES string of the molecule is O=C([O-])C1CCCCC1Cl.O=C([O-])C1CCCCC1Cl.[Hg+2]. The van der Waals surface area contributed by atoms with E-state index in [-0.39, 0.29) is 38.4 Å². The average molecular weight is 524 g/mol. The number of carbonyl (C=O) groups excluding carboxylic acids is 2. The van der Waals surface area contributed by atoms with Gasteiger partial charge in [-0.25, -0.2) is 0 Å². The Labute approximate surface area is 156 Å². The molecule has 2 rings (SSSR count). The zero-order valence-corrected chi connectivity index (χ0v) is 19.1. The molecule has 2 aliphatic rings. The average Bonchev–Trinajstić information content (AvgIpc) is 2.40.